The van der Waals surface area contributed by atoms with E-state index in [0.717, 1.165) is 6.07 Å². The first-order valence-corrected chi connectivity index (χ1v) is 10.0. The number of hydrogen-bond donors (Lipinski definition) is 0. The molecule has 1 aliphatic carbocycles. The number of ether oxygens (including phenoxy) is 2. The number of nitrogens with zero attached hydrogens (tertiary/aromatic N) is 1. The first kappa shape index (κ1) is 24.9. The summed E-state index contributed by atoms with van der Waals surface area (Å²) in [5.74, 6) is -3.39. The van der Waals surface area contributed by atoms with Crippen molar-refractivity contribution in [2.75, 3.05) is 0 Å². The second-order valence-electron chi connectivity index (χ2n) is 8.01. The van der Waals surface area contributed by atoms with Crippen LogP contribution >= 0.6 is 11.6 Å². The van der Waals surface area contributed by atoms with Crippen molar-refractivity contribution in [3.63, 3.8) is 0 Å². The lowest BCUT2D eigenvalue weighted by molar-refractivity contribution is -0.226. The number of carbonyl (C=O) groups excluding carboxylic acids is 1. The van der Waals surface area contributed by atoms with E-state index in [0.29, 0.717) is 11.8 Å². The molecular weight excluding hydrogens is 476 g/mol. The van der Waals surface area contributed by atoms with Crippen LogP contribution in [0.5, 0.6) is 11.6 Å². The molecule has 1 heterocycles. The summed E-state index contributed by atoms with van der Waals surface area (Å²) >= 11 is 5.23. The van der Waals surface area contributed by atoms with Gasteiger partial charge in [0.1, 0.15) is 10.8 Å². The third-order valence-electron chi connectivity index (χ3n) is 5.27. The molecule has 2 aromatic rings. The fraction of sp³-hybridized carbons (Fsp3) is 0.364. The lowest BCUT2D eigenvalue weighted by atomic mass is 10.1. The Morgan fingerprint density at radius 2 is 1.70 bits per heavy atom. The molecule has 0 spiro atoms. The normalized spacial score (nSPS) is 21.3. The fourth-order valence-electron chi connectivity index (χ4n) is 3.42. The minimum absolute atomic E-state index is 0.159. The predicted molar refractivity (Wildman–Crippen MR) is 106 cm³/mol. The molecule has 4 nitrogen and oxygen atoms in total. The Balaban J connectivity index is 1.81. The minimum atomic E-state index is -5.03. The highest BCUT2D eigenvalue weighted by molar-refractivity contribution is 6.30. The summed E-state index contributed by atoms with van der Waals surface area (Å²) < 4.78 is 89.5. The van der Waals surface area contributed by atoms with Crippen molar-refractivity contribution in [3.05, 3.63) is 65.3 Å². The topological polar surface area (TPSA) is 48.4 Å². The molecule has 3 atom stereocenters. The molecule has 0 N–H and O–H groups in total. The van der Waals surface area contributed by atoms with Crippen molar-refractivity contribution in [3.8, 4) is 11.6 Å². The Morgan fingerprint density at radius 3 is 2.27 bits per heavy atom. The second kappa shape index (κ2) is 8.89. The summed E-state index contributed by atoms with van der Waals surface area (Å²) in [7, 11) is 0. The average Bonchev–Trinajstić information content (AvgIpc) is 3.25. The number of carbonyl (C=O) groups is 1. The number of alkyl halides is 6. The van der Waals surface area contributed by atoms with Gasteiger partial charge in [0, 0.05) is 6.07 Å². The number of pyridine rings is 1. The predicted octanol–water partition coefficient (Wildman–Crippen LogP) is 6.98. The Morgan fingerprint density at radius 1 is 1.06 bits per heavy atom. The zero-order chi connectivity index (χ0) is 24.6. The van der Waals surface area contributed by atoms with Crippen LogP contribution in [0.2, 0.25) is 0 Å². The van der Waals surface area contributed by atoms with Crippen molar-refractivity contribution in [2.24, 2.45) is 17.3 Å². The summed E-state index contributed by atoms with van der Waals surface area (Å²) in [5, 5.41) is -1.45. The molecule has 0 bridgehead atoms. The highest BCUT2D eigenvalue weighted by Gasteiger charge is 2.63. The zero-order valence-electron chi connectivity index (χ0n) is 17.2. The highest BCUT2D eigenvalue weighted by atomic mass is 35.5. The van der Waals surface area contributed by atoms with Crippen molar-refractivity contribution in [1.82, 2.24) is 4.98 Å². The van der Waals surface area contributed by atoms with E-state index in [1.165, 1.54) is 26.0 Å². The number of halogens is 7. The van der Waals surface area contributed by atoms with E-state index in [2.05, 4.69) is 4.98 Å². The van der Waals surface area contributed by atoms with Crippen LogP contribution in [-0.4, -0.2) is 23.3 Å². The molecule has 1 aromatic heterocycles. The van der Waals surface area contributed by atoms with Crippen LogP contribution in [-0.2, 0) is 9.53 Å². The molecule has 1 aliphatic rings. The van der Waals surface area contributed by atoms with Crippen LogP contribution in [0.25, 0.3) is 0 Å². The number of para-hydroxylation sites is 1. The van der Waals surface area contributed by atoms with Gasteiger partial charge in [-0.1, -0.05) is 55.8 Å². The molecule has 1 aromatic carbocycles. The maximum absolute atomic E-state index is 13.7. The molecule has 33 heavy (non-hydrogen) atoms. The van der Waals surface area contributed by atoms with Crippen LogP contribution in [0, 0.1) is 17.3 Å². The number of aromatic nitrogens is 1. The molecule has 3 rings (SSSR count). The number of esters is 1. The Bertz CT molecular complexity index is 1040. The monoisotopic (exact) mass is 493 g/mol. The number of rotatable bonds is 6. The van der Waals surface area contributed by atoms with Gasteiger partial charge in [-0.15, -0.1) is 0 Å². The van der Waals surface area contributed by atoms with Crippen molar-refractivity contribution < 1.29 is 40.6 Å². The number of allylic oxidation sites excluding steroid dienone is 2. The van der Waals surface area contributed by atoms with E-state index in [9.17, 15) is 31.1 Å². The van der Waals surface area contributed by atoms with E-state index in [4.69, 9.17) is 21.1 Å². The summed E-state index contributed by atoms with van der Waals surface area (Å²) in [5.41, 5.74) is -1.70. The Hall–Kier alpha value is -2.75. The third kappa shape index (κ3) is 5.79. The molecule has 178 valence electrons. The molecular formula is C22H18ClF6NO3. The fourth-order valence-corrected chi connectivity index (χ4v) is 3.55. The van der Waals surface area contributed by atoms with Crippen molar-refractivity contribution >= 4 is 17.6 Å². The molecule has 11 heteroatoms. The standard InChI is InChI=1S/C22H18ClF6NO3/c1-20(2)13(11-15(23)21(24,25)26)17(20)19(31)33-18(22(27,28)29)14-9-6-10-16(30-14)32-12-7-4-3-5-8-12/h3-11,13,17-18H,1-2H3/b15-11+. The van der Waals surface area contributed by atoms with E-state index in [1.54, 1.807) is 30.3 Å². The average molecular weight is 494 g/mol. The lowest BCUT2D eigenvalue weighted by Gasteiger charge is -2.21. The Labute approximate surface area is 190 Å². The molecule has 1 fully saturated rings. The molecule has 1 saturated carbocycles. The summed E-state index contributed by atoms with van der Waals surface area (Å²) in [6.45, 7) is 2.88. The number of hydrogen-bond acceptors (Lipinski definition) is 4. The summed E-state index contributed by atoms with van der Waals surface area (Å²) in [6, 6.07) is 11.8. The van der Waals surface area contributed by atoms with Crippen LogP contribution in [0.3, 0.4) is 0 Å². The maximum Gasteiger partial charge on any atom is 0.431 e. The van der Waals surface area contributed by atoms with Gasteiger partial charge in [0.05, 0.1) is 11.6 Å². The van der Waals surface area contributed by atoms with Crippen LogP contribution in [0.1, 0.15) is 25.6 Å². The van der Waals surface area contributed by atoms with E-state index in [-0.39, 0.29) is 5.88 Å². The molecule has 0 amide bonds. The SMILES string of the molecule is CC1(C)C(/C=C(/Cl)C(F)(F)F)C1C(=O)OC(c1cccc(Oc2ccccc2)n1)C(F)(F)F. The highest BCUT2D eigenvalue weighted by Crippen LogP contribution is 2.61. The minimum Gasteiger partial charge on any atom is -0.446 e. The van der Waals surface area contributed by atoms with Gasteiger partial charge in [-0.25, -0.2) is 4.98 Å². The van der Waals surface area contributed by atoms with E-state index >= 15 is 0 Å². The first-order valence-electron chi connectivity index (χ1n) is 9.63. The number of benzene rings is 1. The second-order valence-corrected chi connectivity index (χ2v) is 8.42. The van der Waals surface area contributed by atoms with Gasteiger partial charge in [0.15, 0.2) is 0 Å². The summed E-state index contributed by atoms with van der Waals surface area (Å²) in [6.07, 6.45) is -12.0. The molecule has 3 unspecified atom stereocenters. The van der Waals surface area contributed by atoms with Gasteiger partial charge in [-0.05, 0) is 29.5 Å². The smallest absolute Gasteiger partial charge is 0.431 e. The van der Waals surface area contributed by atoms with Crippen molar-refractivity contribution in [2.45, 2.75) is 32.3 Å². The van der Waals surface area contributed by atoms with Gasteiger partial charge in [0.25, 0.3) is 0 Å². The third-order valence-corrected chi connectivity index (χ3v) is 5.61. The Kier molecular flexibility index (Phi) is 6.70. The van der Waals surface area contributed by atoms with Gasteiger partial charge in [-0.2, -0.15) is 26.3 Å². The largest absolute Gasteiger partial charge is 0.446 e. The zero-order valence-corrected chi connectivity index (χ0v) is 18.0. The van der Waals surface area contributed by atoms with Gasteiger partial charge >= 0.3 is 18.3 Å². The van der Waals surface area contributed by atoms with Crippen LogP contribution < -0.4 is 4.74 Å². The van der Waals surface area contributed by atoms with Crippen LogP contribution in [0.4, 0.5) is 26.3 Å². The summed E-state index contributed by atoms with van der Waals surface area (Å²) in [4.78, 5) is 16.3. The molecule has 0 saturated heterocycles. The van der Waals surface area contributed by atoms with E-state index in [1.807, 2.05) is 0 Å². The van der Waals surface area contributed by atoms with Gasteiger partial charge in [0.2, 0.25) is 12.0 Å². The lowest BCUT2D eigenvalue weighted by Crippen LogP contribution is -2.28. The van der Waals surface area contributed by atoms with E-state index < -0.39 is 52.4 Å². The molecule has 0 radical (unpaired) electrons. The van der Waals surface area contributed by atoms with Crippen LogP contribution in [0.15, 0.2) is 59.6 Å². The van der Waals surface area contributed by atoms with Gasteiger partial charge < -0.3 is 9.47 Å². The maximum atomic E-state index is 13.7. The van der Waals surface area contributed by atoms with Crippen molar-refractivity contribution in [1.29, 1.82) is 0 Å². The first-order chi connectivity index (χ1) is 15.2. The molecule has 0 aliphatic heterocycles. The van der Waals surface area contributed by atoms with Gasteiger partial charge in [-0.3, -0.25) is 4.79 Å². The quantitative estimate of drug-likeness (QED) is 0.322.